The van der Waals surface area contributed by atoms with Gasteiger partial charge >= 0.3 is 5.97 Å². The number of nitrogens with one attached hydrogen (secondary N) is 1. The smallest absolute Gasteiger partial charge is 0.330 e. The van der Waals surface area contributed by atoms with E-state index in [1.807, 2.05) is 0 Å². The zero-order valence-corrected chi connectivity index (χ0v) is 16.7. The van der Waals surface area contributed by atoms with E-state index in [1.165, 1.54) is 6.08 Å². The van der Waals surface area contributed by atoms with E-state index in [0.717, 1.165) is 11.3 Å². The lowest BCUT2D eigenvalue weighted by Crippen LogP contribution is -2.14. The van der Waals surface area contributed by atoms with Gasteiger partial charge in [-0.15, -0.1) is 5.10 Å². The average Bonchev–Trinajstić information content (AvgIpc) is 3.10. The lowest BCUT2D eigenvalue weighted by Gasteiger charge is -2.03. The van der Waals surface area contributed by atoms with Crippen molar-refractivity contribution in [1.82, 2.24) is 14.8 Å². The molecule has 7 nitrogen and oxygen atoms in total. The summed E-state index contributed by atoms with van der Waals surface area (Å²) in [6.07, 6.45) is 3.00. The molecule has 29 heavy (non-hydrogen) atoms. The highest BCUT2D eigenvalue weighted by atomic mass is 35.5. The zero-order chi connectivity index (χ0) is 20.8. The van der Waals surface area contributed by atoms with Crippen LogP contribution in [0.2, 0.25) is 5.02 Å². The number of carbonyl (C=O) groups is 2. The number of carbonyl (C=O) groups excluding carboxylic acids is 2. The largest absolute Gasteiger partial charge is 0.463 e. The Labute approximate surface area is 173 Å². The maximum atomic E-state index is 12.5. The number of esters is 1. The van der Waals surface area contributed by atoms with E-state index in [4.69, 9.17) is 16.3 Å². The van der Waals surface area contributed by atoms with E-state index in [0.29, 0.717) is 23.1 Å². The Bertz CT molecular complexity index is 1040. The molecule has 0 radical (unpaired) electrons. The number of hydrogen-bond acceptors (Lipinski definition) is 5. The Balaban J connectivity index is 1.68. The first kappa shape index (κ1) is 20.3. The van der Waals surface area contributed by atoms with Crippen molar-refractivity contribution in [2.75, 3.05) is 11.9 Å². The van der Waals surface area contributed by atoms with E-state index < -0.39 is 11.9 Å². The van der Waals surface area contributed by atoms with Crippen LogP contribution in [0.25, 0.3) is 11.8 Å². The van der Waals surface area contributed by atoms with Gasteiger partial charge in [-0.05, 0) is 61.9 Å². The number of aryl methyl sites for hydroxylation is 1. The van der Waals surface area contributed by atoms with Crippen LogP contribution in [0.5, 0.6) is 0 Å². The van der Waals surface area contributed by atoms with E-state index in [1.54, 1.807) is 73.1 Å². The zero-order valence-electron chi connectivity index (χ0n) is 15.9. The van der Waals surface area contributed by atoms with Crippen molar-refractivity contribution in [1.29, 1.82) is 0 Å². The Hall–Kier alpha value is -3.45. The molecular formula is C21H19ClN4O3. The molecule has 2 aromatic carbocycles. The molecule has 0 aliphatic heterocycles. The summed E-state index contributed by atoms with van der Waals surface area (Å²) in [7, 11) is 0. The molecule has 0 spiro atoms. The van der Waals surface area contributed by atoms with Gasteiger partial charge in [0.2, 0.25) is 5.82 Å². The van der Waals surface area contributed by atoms with Gasteiger partial charge in [0, 0.05) is 16.8 Å². The second-order valence-corrected chi connectivity index (χ2v) is 6.47. The summed E-state index contributed by atoms with van der Waals surface area (Å²) >= 11 is 5.91. The fourth-order valence-electron chi connectivity index (χ4n) is 2.53. The van der Waals surface area contributed by atoms with E-state index in [-0.39, 0.29) is 5.82 Å². The first-order valence-electron chi connectivity index (χ1n) is 8.92. The van der Waals surface area contributed by atoms with Crippen LogP contribution in [0, 0.1) is 6.92 Å². The second-order valence-electron chi connectivity index (χ2n) is 6.03. The van der Waals surface area contributed by atoms with Crippen molar-refractivity contribution in [2.45, 2.75) is 13.8 Å². The summed E-state index contributed by atoms with van der Waals surface area (Å²) in [5.41, 5.74) is 2.15. The van der Waals surface area contributed by atoms with Crippen molar-refractivity contribution in [2.24, 2.45) is 0 Å². The van der Waals surface area contributed by atoms with Crippen molar-refractivity contribution >= 4 is 35.2 Å². The lowest BCUT2D eigenvalue weighted by atomic mass is 10.2. The molecule has 0 bridgehead atoms. The summed E-state index contributed by atoms with van der Waals surface area (Å²) in [6, 6.07) is 14.1. The fourth-order valence-corrected chi connectivity index (χ4v) is 2.66. The molecule has 0 saturated heterocycles. The Kier molecular flexibility index (Phi) is 6.41. The van der Waals surface area contributed by atoms with Crippen LogP contribution in [0.3, 0.4) is 0 Å². The van der Waals surface area contributed by atoms with Crippen LogP contribution in [-0.2, 0) is 9.53 Å². The van der Waals surface area contributed by atoms with Gasteiger partial charge < -0.3 is 10.1 Å². The summed E-state index contributed by atoms with van der Waals surface area (Å²) in [6.45, 7) is 3.84. The summed E-state index contributed by atoms with van der Waals surface area (Å²) < 4.78 is 6.41. The van der Waals surface area contributed by atoms with E-state index in [2.05, 4.69) is 15.4 Å². The first-order valence-corrected chi connectivity index (χ1v) is 9.30. The van der Waals surface area contributed by atoms with E-state index >= 15 is 0 Å². The van der Waals surface area contributed by atoms with Crippen LogP contribution in [0.1, 0.15) is 28.9 Å². The molecule has 0 saturated carbocycles. The van der Waals surface area contributed by atoms with Gasteiger partial charge in [0.05, 0.1) is 12.3 Å². The van der Waals surface area contributed by atoms with Crippen LogP contribution < -0.4 is 5.32 Å². The number of hydrogen-bond donors (Lipinski definition) is 1. The minimum Gasteiger partial charge on any atom is -0.463 e. The van der Waals surface area contributed by atoms with Gasteiger partial charge in [0.1, 0.15) is 5.82 Å². The van der Waals surface area contributed by atoms with Crippen molar-refractivity contribution < 1.29 is 14.3 Å². The molecule has 0 fully saturated rings. The first-order chi connectivity index (χ1) is 14.0. The number of nitrogens with zero attached hydrogens (tertiary/aromatic N) is 3. The van der Waals surface area contributed by atoms with Crippen molar-refractivity contribution in [3.05, 3.63) is 76.8 Å². The fraction of sp³-hybridized carbons (Fsp3) is 0.143. The lowest BCUT2D eigenvalue weighted by molar-refractivity contribution is -0.137. The van der Waals surface area contributed by atoms with Gasteiger partial charge in [0.25, 0.3) is 5.91 Å². The molecule has 3 rings (SSSR count). The highest BCUT2D eigenvalue weighted by Gasteiger charge is 2.15. The summed E-state index contributed by atoms with van der Waals surface area (Å²) in [4.78, 5) is 28.1. The van der Waals surface area contributed by atoms with Crippen LogP contribution >= 0.6 is 11.6 Å². The number of rotatable bonds is 6. The topological polar surface area (TPSA) is 86.1 Å². The SMILES string of the molecule is CCOC(=O)C=Cc1ccc(NC(=O)c2nc(C)n(-c3ccc(Cl)cc3)n2)cc1. The predicted molar refractivity (Wildman–Crippen MR) is 111 cm³/mol. The highest BCUT2D eigenvalue weighted by Crippen LogP contribution is 2.15. The minimum absolute atomic E-state index is 0.0590. The number of anilines is 1. The molecule has 1 amide bonds. The molecule has 0 atom stereocenters. The molecule has 0 aliphatic rings. The third-order valence-electron chi connectivity index (χ3n) is 3.91. The molecule has 1 N–H and O–H groups in total. The third kappa shape index (κ3) is 5.30. The number of aromatic nitrogens is 3. The Morgan fingerprint density at radius 2 is 1.83 bits per heavy atom. The number of amides is 1. The molecular weight excluding hydrogens is 392 g/mol. The number of benzene rings is 2. The summed E-state index contributed by atoms with van der Waals surface area (Å²) in [5, 5.41) is 7.65. The van der Waals surface area contributed by atoms with Crippen LogP contribution in [-0.4, -0.2) is 33.2 Å². The van der Waals surface area contributed by atoms with Crippen LogP contribution in [0.4, 0.5) is 5.69 Å². The maximum absolute atomic E-state index is 12.5. The van der Waals surface area contributed by atoms with Crippen molar-refractivity contribution in [3.63, 3.8) is 0 Å². The molecule has 0 aliphatic carbocycles. The van der Waals surface area contributed by atoms with Crippen LogP contribution in [0.15, 0.2) is 54.6 Å². The Morgan fingerprint density at radius 1 is 1.14 bits per heavy atom. The molecule has 1 heterocycles. The van der Waals surface area contributed by atoms with Gasteiger partial charge in [-0.25, -0.2) is 14.5 Å². The molecule has 1 aromatic heterocycles. The third-order valence-corrected chi connectivity index (χ3v) is 4.16. The second kappa shape index (κ2) is 9.16. The monoisotopic (exact) mass is 410 g/mol. The van der Waals surface area contributed by atoms with E-state index in [9.17, 15) is 9.59 Å². The molecule has 8 heteroatoms. The van der Waals surface area contributed by atoms with Gasteiger partial charge in [-0.1, -0.05) is 23.7 Å². The molecule has 0 unspecified atom stereocenters. The van der Waals surface area contributed by atoms with Gasteiger partial charge in [-0.3, -0.25) is 4.79 Å². The van der Waals surface area contributed by atoms with Crippen molar-refractivity contribution in [3.8, 4) is 5.69 Å². The Morgan fingerprint density at radius 3 is 2.48 bits per heavy atom. The normalized spacial score (nSPS) is 10.9. The molecule has 148 valence electrons. The molecule has 3 aromatic rings. The number of ether oxygens (including phenoxy) is 1. The summed E-state index contributed by atoms with van der Waals surface area (Å²) in [5.74, 6) is -0.182. The predicted octanol–water partition coefficient (Wildman–Crippen LogP) is 4.06. The number of halogens is 1. The minimum atomic E-state index is -0.421. The van der Waals surface area contributed by atoms with Gasteiger partial charge in [-0.2, -0.15) is 0 Å². The highest BCUT2D eigenvalue weighted by molar-refractivity contribution is 6.30. The van der Waals surface area contributed by atoms with Gasteiger partial charge in [0.15, 0.2) is 0 Å². The average molecular weight is 411 g/mol. The standard InChI is InChI=1S/C21H19ClN4O3/c1-3-29-19(27)13-6-15-4-9-17(10-5-15)24-21(28)20-23-14(2)26(25-20)18-11-7-16(22)8-12-18/h4-13H,3H2,1-2H3,(H,24,28). The quantitative estimate of drug-likeness (QED) is 0.489. The maximum Gasteiger partial charge on any atom is 0.330 e.